The molecular weight excluding hydrogens is 369 g/mol. The van der Waals surface area contributed by atoms with Crippen molar-refractivity contribution in [1.29, 1.82) is 0 Å². The average molecular weight is 401 g/mol. The van der Waals surface area contributed by atoms with Crippen molar-refractivity contribution in [2.45, 2.75) is 53.4 Å². The number of carbonyl (C=O) groups is 1. The minimum absolute atomic E-state index is 0.946. The van der Waals surface area contributed by atoms with Gasteiger partial charge in [-0.15, -0.1) is 0 Å². The van der Waals surface area contributed by atoms with E-state index in [4.69, 9.17) is 0 Å². The third-order valence-corrected chi connectivity index (χ3v) is 5.38. The van der Waals surface area contributed by atoms with E-state index in [1.165, 1.54) is 11.1 Å². The zero-order valence-electron chi connectivity index (χ0n) is 15.0. The summed E-state index contributed by atoms with van der Waals surface area (Å²) in [6.07, 6.45) is 12.4. The first kappa shape index (κ1) is 21.7. The van der Waals surface area contributed by atoms with E-state index < -0.39 is 16.0 Å². The summed E-state index contributed by atoms with van der Waals surface area (Å²) in [5.41, 5.74) is 4.83. The molecule has 0 radical (unpaired) electrons. The van der Waals surface area contributed by atoms with Crippen molar-refractivity contribution in [1.82, 2.24) is 0 Å². The van der Waals surface area contributed by atoms with Crippen LogP contribution in [0.1, 0.15) is 53.4 Å². The summed E-state index contributed by atoms with van der Waals surface area (Å²) in [4.78, 5) is 12.3. The van der Waals surface area contributed by atoms with Crippen LogP contribution in [0.15, 0.2) is 69.1 Å². The fourth-order valence-corrected chi connectivity index (χ4v) is 3.61. The summed E-state index contributed by atoms with van der Waals surface area (Å²) in [7, 11) is 0. The zero-order valence-corrected chi connectivity index (χ0v) is 16.8. The number of hydrogen-bond donors (Lipinski definition) is 0. The quantitative estimate of drug-likeness (QED) is 0.169. The number of carbonyl (C=O) groups excluding carboxylic acids is 1. The molecule has 0 atom stereocenters. The van der Waals surface area contributed by atoms with E-state index >= 15 is 0 Å². The molecule has 0 bridgehead atoms. The van der Waals surface area contributed by atoms with Crippen LogP contribution < -0.4 is 0 Å². The average Bonchev–Trinajstić information content (AvgIpc) is 2.46. The van der Waals surface area contributed by atoms with Crippen LogP contribution in [0.3, 0.4) is 0 Å². The van der Waals surface area contributed by atoms with Gasteiger partial charge in [-0.25, -0.2) is 0 Å². The molecule has 0 aliphatic heterocycles. The Morgan fingerprint density at radius 1 is 0.826 bits per heavy atom. The standard InChI is InChI=1S/2C10H15.CHO.Ru/c2*1-5-10(4)8-6-7-9(2)3;1-2;/h2*1,5,7H,4,6,8H2,2-3H3;1H;. The molecule has 129 valence electrons. The Bertz CT molecular complexity index is 466. The maximum absolute atomic E-state index is 11.2. The molecule has 0 unspecified atom stereocenters. The maximum atomic E-state index is 11.2. The molecule has 0 saturated heterocycles. The van der Waals surface area contributed by atoms with E-state index in [9.17, 15) is 4.79 Å². The van der Waals surface area contributed by atoms with Gasteiger partial charge in [-0.05, 0) is 0 Å². The van der Waals surface area contributed by atoms with E-state index in [0.29, 0.717) is 0 Å². The predicted molar refractivity (Wildman–Crippen MR) is 101 cm³/mol. The molecule has 0 amide bonds. The summed E-state index contributed by atoms with van der Waals surface area (Å²) in [6.45, 7) is 16.5. The molecule has 1 nitrogen and oxygen atoms in total. The Hall–Kier alpha value is -1.27. The van der Waals surface area contributed by atoms with Gasteiger partial charge >= 0.3 is 148 Å². The normalized spacial score (nSPS) is 11.4. The van der Waals surface area contributed by atoms with Gasteiger partial charge in [0.25, 0.3) is 0 Å². The van der Waals surface area contributed by atoms with Crippen molar-refractivity contribution < 1.29 is 20.7 Å². The molecular formula is C21H31ORu. The van der Waals surface area contributed by atoms with Crippen LogP contribution in [-0.4, -0.2) is 4.88 Å². The predicted octanol–water partition coefficient (Wildman–Crippen LogP) is 6.43. The molecule has 0 N–H and O–H groups in total. The Morgan fingerprint density at radius 3 is 1.52 bits per heavy atom. The number of hydrogen-bond acceptors (Lipinski definition) is 1. The molecule has 0 heterocycles. The second-order valence-electron chi connectivity index (χ2n) is 5.96. The molecule has 0 spiro atoms. The molecule has 0 saturated carbocycles. The first-order valence-electron chi connectivity index (χ1n) is 7.90. The van der Waals surface area contributed by atoms with Crippen LogP contribution >= 0.6 is 0 Å². The van der Waals surface area contributed by atoms with Crippen molar-refractivity contribution in [2.75, 3.05) is 0 Å². The fourth-order valence-electron chi connectivity index (χ4n) is 1.66. The summed E-state index contributed by atoms with van der Waals surface area (Å²) < 4.78 is 4.09. The van der Waals surface area contributed by atoms with Crippen LogP contribution in [0.5, 0.6) is 0 Å². The Kier molecular flexibility index (Phi) is 12.5. The molecule has 0 aliphatic carbocycles. The van der Waals surface area contributed by atoms with Gasteiger partial charge in [0, 0.05) is 0 Å². The number of allylic oxidation sites excluding steroid dienone is 8. The van der Waals surface area contributed by atoms with Gasteiger partial charge in [0.1, 0.15) is 0 Å². The van der Waals surface area contributed by atoms with Crippen molar-refractivity contribution in [3.8, 4) is 0 Å². The van der Waals surface area contributed by atoms with Gasteiger partial charge < -0.3 is 0 Å². The van der Waals surface area contributed by atoms with Gasteiger partial charge in [-0.1, -0.05) is 0 Å². The molecule has 0 aromatic rings. The first-order chi connectivity index (χ1) is 10.8. The summed E-state index contributed by atoms with van der Waals surface area (Å²) in [5, 5.41) is 0. The minimum atomic E-state index is -1.67. The van der Waals surface area contributed by atoms with Gasteiger partial charge in [-0.3, -0.25) is 0 Å². The molecule has 0 rings (SSSR count). The van der Waals surface area contributed by atoms with Gasteiger partial charge in [0.05, 0.1) is 0 Å². The molecule has 0 aromatic heterocycles. The van der Waals surface area contributed by atoms with E-state index in [0.717, 1.165) is 41.7 Å². The monoisotopic (exact) mass is 401 g/mol. The van der Waals surface area contributed by atoms with Crippen molar-refractivity contribution in [2.24, 2.45) is 0 Å². The Labute approximate surface area is 148 Å². The van der Waals surface area contributed by atoms with Gasteiger partial charge in [0.15, 0.2) is 0 Å². The summed E-state index contributed by atoms with van der Waals surface area (Å²) in [6, 6.07) is 0. The Balaban J connectivity index is 4.35. The van der Waals surface area contributed by atoms with Crippen LogP contribution in [-0.2, 0) is 20.7 Å². The van der Waals surface area contributed by atoms with Crippen LogP contribution in [0.2, 0.25) is 0 Å². The van der Waals surface area contributed by atoms with Crippen LogP contribution in [0.25, 0.3) is 0 Å². The first-order valence-corrected chi connectivity index (χ1v) is 10.9. The van der Waals surface area contributed by atoms with E-state index in [2.05, 4.69) is 53.0 Å². The third kappa shape index (κ3) is 14.1. The zero-order chi connectivity index (χ0) is 17.7. The van der Waals surface area contributed by atoms with Crippen molar-refractivity contribution in [3.05, 3.63) is 69.1 Å². The van der Waals surface area contributed by atoms with E-state index in [1.807, 2.05) is 21.5 Å². The van der Waals surface area contributed by atoms with Gasteiger partial charge in [0.2, 0.25) is 0 Å². The molecule has 2 heteroatoms. The fraction of sp³-hybridized carbons (Fsp3) is 0.381. The molecule has 23 heavy (non-hydrogen) atoms. The van der Waals surface area contributed by atoms with E-state index in [-0.39, 0.29) is 0 Å². The summed E-state index contributed by atoms with van der Waals surface area (Å²) >= 11 is -1.67. The van der Waals surface area contributed by atoms with Crippen LogP contribution in [0.4, 0.5) is 0 Å². The molecule has 0 aliphatic rings. The molecule has 0 fully saturated rings. The second-order valence-corrected chi connectivity index (χ2v) is 9.27. The SMILES string of the molecule is C=C(C=[CH][Ru]([CH]=O)[CH]=CC(=C)CCC=C(C)C)CCC=C(C)C. The van der Waals surface area contributed by atoms with Crippen LogP contribution in [0, 0.1) is 0 Å². The van der Waals surface area contributed by atoms with E-state index in [1.54, 1.807) is 0 Å². The topological polar surface area (TPSA) is 17.1 Å². The summed E-state index contributed by atoms with van der Waals surface area (Å²) in [5.74, 6) is 0. The van der Waals surface area contributed by atoms with Crippen molar-refractivity contribution in [3.63, 3.8) is 0 Å². The van der Waals surface area contributed by atoms with Crippen molar-refractivity contribution >= 4 is 4.88 Å². The number of rotatable bonds is 11. The third-order valence-electron chi connectivity index (χ3n) is 2.99. The second kappa shape index (κ2) is 13.2. The molecule has 0 aromatic carbocycles. The Morgan fingerprint density at radius 2 is 1.22 bits per heavy atom. The van der Waals surface area contributed by atoms with Gasteiger partial charge in [-0.2, -0.15) is 0 Å².